The van der Waals surface area contributed by atoms with Crippen LogP contribution in [-0.4, -0.2) is 78.0 Å². The molecule has 1 aliphatic carbocycles. The van der Waals surface area contributed by atoms with Crippen LogP contribution in [0, 0.1) is 14.9 Å². The molecule has 5 rings (SSSR count). The van der Waals surface area contributed by atoms with Gasteiger partial charge in [-0.3, -0.25) is 4.79 Å². The number of ether oxygens (including phenoxy) is 4. The molecule has 2 aliphatic heterocycles. The number of carbonyl (C=O) groups is 3. The Bertz CT molecular complexity index is 1430. The minimum absolute atomic E-state index is 0.0661. The van der Waals surface area contributed by atoms with Crippen molar-refractivity contribution in [3.05, 3.63) is 21.3 Å². The predicted octanol–water partition coefficient (Wildman–Crippen LogP) is 5.72. The third kappa shape index (κ3) is 7.52. The Morgan fingerprint density at radius 2 is 1.96 bits per heavy atom. The lowest BCUT2D eigenvalue weighted by Gasteiger charge is -2.34. The van der Waals surface area contributed by atoms with Crippen LogP contribution in [0.5, 0.6) is 17.4 Å². The largest absolute Gasteiger partial charge is 0.495 e. The summed E-state index contributed by atoms with van der Waals surface area (Å²) in [6.07, 6.45) is 5.70. The number of carbonyl (C=O) groups excluding carboxylic acids is 2. The van der Waals surface area contributed by atoms with E-state index in [1.54, 1.807) is 13.2 Å². The van der Waals surface area contributed by atoms with Gasteiger partial charge < -0.3 is 34.3 Å². The molecule has 3 heterocycles. The van der Waals surface area contributed by atoms with Crippen LogP contribution in [0.4, 0.5) is 4.79 Å². The Morgan fingerprint density at radius 3 is 2.64 bits per heavy atom. The van der Waals surface area contributed by atoms with Crippen molar-refractivity contribution in [1.29, 1.82) is 0 Å². The Labute approximate surface area is 277 Å². The second-order valence-corrected chi connectivity index (χ2v) is 14.2. The first-order valence-corrected chi connectivity index (χ1v) is 17.0. The topological polar surface area (TPSA) is 137 Å². The van der Waals surface area contributed by atoms with E-state index in [1.807, 2.05) is 13.0 Å². The highest BCUT2D eigenvalue weighted by molar-refractivity contribution is 14.1. The van der Waals surface area contributed by atoms with Gasteiger partial charge in [0.1, 0.15) is 29.7 Å². The molecule has 45 heavy (non-hydrogen) atoms. The molecule has 0 radical (unpaired) electrons. The van der Waals surface area contributed by atoms with Gasteiger partial charge in [0.05, 0.1) is 36.0 Å². The number of carboxylic acids is 1. The number of rotatable bonds is 5. The maximum absolute atomic E-state index is 14.2. The zero-order valence-electron chi connectivity index (χ0n) is 26.5. The lowest BCUT2D eigenvalue weighted by atomic mass is 9.83. The fraction of sp³-hybridized carbons (Fsp3) is 0.636. The van der Waals surface area contributed by atoms with E-state index < -0.39 is 36.2 Å². The van der Waals surface area contributed by atoms with E-state index in [0.29, 0.717) is 30.2 Å². The van der Waals surface area contributed by atoms with Crippen molar-refractivity contribution in [2.24, 2.45) is 11.3 Å². The first kappa shape index (κ1) is 33.3. The smallest absolute Gasteiger partial charge is 0.407 e. The average Bonchev–Trinajstić information content (AvgIpc) is 3.44. The highest BCUT2D eigenvalue weighted by Crippen LogP contribution is 2.40. The number of cyclic esters (lactones) is 1. The van der Waals surface area contributed by atoms with Crippen molar-refractivity contribution in [1.82, 2.24) is 15.2 Å². The van der Waals surface area contributed by atoms with Gasteiger partial charge in [-0.2, -0.15) is 0 Å². The number of hydrogen-bond acceptors (Lipinski definition) is 8. The number of carboxylic acid groups (broad SMARTS) is 1. The highest BCUT2D eigenvalue weighted by atomic mass is 127. The molecule has 11 nitrogen and oxygen atoms in total. The summed E-state index contributed by atoms with van der Waals surface area (Å²) in [6, 6.07) is 1.80. The molecule has 3 aliphatic rings. The number of aryl methyl sites for hydroxylation is 1. The molecule has 0 unspecified atom stereocenters. The van der Waals surface area contributed by atoms with E-state index in [0.717, 1.165) is 65.2 Å². The molecule has 246 valence electrons. The number of hydrogen-bond donors (Lipinski definition) is 2. The second-order valence-electron chi connectivity index (χ2n) is 13.1. The Morgan fingerprint density at radius 1 is 1.20 bits per heavy atom. The third-order valence-corrected chi connectivity index (χ3v) is 10.2. The van der Waals surface area contributed by atoms with Crippen LogP contribution in [0.1, 0.15) is 77.7 Å². The van der Waals surface area contributed by atoms with E-state index in [1.165, 1.54) is 4.90 Å². The van der Waals surface area contributed by atoms with Gasteiger partial charge in [0.2, 0.25) is 11.8 Å². The number of aromatic nitrogens is 1. The van der Waals surface area contributed by atoms with Crippen molar-refractivity contribution in [3.8, 4) is 17.4 Å². The van der Waals surface area contributed by atoms with Gasteiger partial charge in [-0.1, -0.05) is 33.1 Å². The number of nitrogens with one attached hydrogen (secondary N) is 1. The van der Waals surface area contributed by atoms with E-state index >= 15 is 0 Å². The van der Waals surface area contributed by atoms with Gasteiger partial charge in [0, 0.05) is 17.9 Å². The predicted molar refractivity (Wildman–Crippen MR) is 176 cm³/mol. The fourth-order valence-corrected chi connectivity index (χ4v) is 7.83. The maximum atomic E-state index is 14.2. The fourth-order valence-electron chi connectivity index (χ4n) is 6.86. The van der Waals surface area contributed by atoms with Crippen LogP contribution in [0.15, 0.2) is 12.1 Å². The molecular formula is C33H44IN3O8. The molecule has 3 atom stereocenters. The van der Waals surface area contributed by atoms with E-state index in [-0.39, 0.29) is 30.9 Å². The average molecular weight is 738 g/mol. The van der Waals surface area contributed by atoms with Gasteiger partial charge in [0.25, 0.3) is 0 Å². The molecule has 2 N–H and O–H groups in total. The second kappa shape index (κ2) is 14.2. The molecule has 1 saturated heterocycles. The highest BCUT2D eigenvalue weighted by Gasteiger charge is 2.45. The summed E-state index contributed by atoms with van der Waals surface area (Å²) in [4.78, 5) is 45.9. The van der Waals surface area contributed by atoms with Crippen molar-refractivity contribution < 1.29 is 38.4 Å². The summed E-state index contributed by atoms with van der Waals surface area (Å²) in [6.45, 7) is 6.64. The minimum atomic E-state index is -1.11. The molecule has 2 amide bonds. The van der Waals surface area contributed by atoms with E-state index in [4.69, 9.17) is 23.9 Å². The molecule has 12 heteroatoms. The summed E-state index contributed by atoms with van der Waals surface area (Å²) in [5, 5.41) is 13.8. The summed E-state index contributed by atoms with van der Waals surface area (Å²) in [5.41, 5.74) is 1.34. The van der Waals surface area contributed by atoms with Crippen LogP contribution in [0.3, 0.4) is 0 Å². The number of aliphatic carboxylic acids is 1. The van der Waals surface area contributed by atoms with Gasteiger partial charge in [-0.05, 0) is 84.6 Å². The van der Waals surface area contributed by atoms with Crippen LogP contribution in [0.25, 0.3) is 10.9 Å². The molecule has 4 bridgehead atoms. The first-order chi connectivity index (χ1) is 21.5. The van der Waals surface area contributed by atoms with Crippen molar-refractivity contribution in [2.75, 3.05) is 26.9 Å². The number of methoxy groups -OCH3 is 1. The summed E-state index contributed by atoms with van der Waals surface area (Å²) in [5.74, 6) is 0.0192. The van der Waals surface area contributed by atoms with Gasteiger partial charge >= 0.3 is 12.1 Å². The molecule has 1 aromatic heterocycles. The molecular weight excluding hydrogens is 693 g/mol. The first-order valence-electron chi connectivity index (χ1n) is 16.0. The lowest BCUT2D eigenvalue weighted by molar-refractivity contribution is -0.149. The Balaban J connectivity index is 1.58. The van der Waals surface area contributed by atoms with Crippen LogP contribution >= 0.6 is 22.6 Å². The van der Waals surface area contributed by atoms with Gasteiger partial charge in [-0.15, -0.1) is 0 Å². The molecule has 0 spiro atoms. The lowest BCUT2D eigenvalue weighted by Crippen LogP contribution is -2.55. The van der Waals surface area contributed by atoms with Crippen molar-refractivity contribution in [2.45, 2.75) is 96.7 Å². The standard InChI is InChI=1S/C33H44IN3O8/c1-5-43-25-16-24-22-14-20(29(42-4)26(34)28(22)35-25)12-9-13-33(2,3)18-44-32(41)36-27(19-10-7-6-8-11-19)30(38)37-17-21(45-24)15-23(37)31(39)40/h14,16,19,21,23,27H,5-13,15,17-18H2,1-4H3,(H,36,41)(H,39,40)/t21-,23+,27+/m1/s1. The van der Waals surface area contributed by atoms with E-state index in [9.17, 15) is 19.5 Å². The number of halogens is 1. The van der Waals surface area contributed by atoms with Gasteiger partial charge in [0.15, 0.2) is 0 Å². The number of benzene rings is 1. The number of fused-ring (bicyclic) bond motifs is 3. The molecule has 2 fully saturated rings. The van der Waals surface area contributed by atoms with Crippen LogP contribution in [-0.2, 0) is 20.7 Å². The third-order valence-electron chi connectivity index (χ3n) is 9.19. The normalized spacial score (nSPS) is 24.7. The monoisotopic (exact) mass is 737 g/mol. The summed E-state index contributed by atoms with van der Waals surface area (Å²) < 4.78 is 24.7. The summed E-state index contributed by atoms with van der Waals surface area (Å²) in [7, 11) is 1.64. The molecule has 2 aromatic rings. The zero-order valence-corrected chi connectivity index (χ0v) is 28.7. The summed E-state index contributed by atoms with van der Waals surface area (Å²) >= 11 is 2.24. The Kier molecular flexibility index (Phi) is 10.5. The number of pyridine rings is 1. The number of alkyl carbamates (subject to hydrolysis) is 1. The van der Waals surface area contributed by atoms with Crippen molar-refractivity contribution >= 4 is 51.5 Å². The van der Waals surface area contributed by atoms with Crippen molar-refractivity contribution in [3.63, 3.8) is 0 Å². The van der Waals surface area contributed by atoms with Crippen LogP contribution in [0.2, 0.25) is 0 Å². The quantitative estimate of drug-likeness (QED) is 0.370. The van der Waals surface area contributed by atoms with Crippen LogP contribution < -0.4 is 19.5 Å². The van der Waals surface area contributed by atoms with Gasteiger partial charge in [-0.25, -0.2) is 14.6 Å². The minimum Gasteiger partial charge on any atom is -0.495 e. The van der Waals surface area contributed by atoms with E-state index in [2.05, 4.69) is 41.8 Å². The number of nitrogens with zero attached hydrogens (tertiary/aromatic N) is 2. The number of amides is 2. The zero-order chi connectivity index (χ0) is 32.3. The Hall–Kier alpha value is -3.03. The molecule has 1 saturated carbocycles. The maximum Gasteiger partial charge on any atom is 0.407 e. The molecule has 1 aromatic carbocycles. The SMILES string of the molecule is CCOc1cc2c3cc(c(OC)c(I)c3n1)CCCC(C)(C)COC(=O)N[C@@H](C1CCCCC1)C(=O)N1C[C@@H](C[C@H]1C(=O)O)O2.